The largest absolute Gasteiger partial charge is 0.464 e. The van der Waals surface area contributed by atoms with Gasteiger partial charge in [-0.05, 0) is 161 Å². The summed E-state index contributed by atoms with van der Waals surface area (Å²) in [5, 5.41) is 7.76. The first-order chi connectivity index (χ1) is 66.1. The molecule has 0 aliphatic carbocycles. The van der Waals surface area contributed by atoms with Crippen molar-refractivity contribution in [3.8, 4) is 0 Å². The molecule has 136 heavy (non-hydrogen) atoms. The van der Waals surface area contributed by atoms with Crippen molar-refractivity contribution in [2.75, 3.05) is 81.6 Å². The van der Waals surface area contributed by atoms with Gasteiger partial charge in [0.2, 0.25) is 0 Å². The lowest BCUT2D eigenvalue weighted by molar-refractivity contribution is -0.137. The number of hydrogen-bond donors (Lipinski definition) is 0. The van der Waals surface area contributed by atoms with Crippen molar-refractivity contribution in [1.82, 2.24) is 29.4 Å². The van der Waals surface area contributed by atoms with E-state index in [1.54, 1.807) is 36.8 Å². The van der Waals surface area contributed by atoms with Gasteiger partial charge in [0.05, 0.1) is 43.1 Å². The van der Waals surface area contributed by atoms with Crippen LogP contribution in [-0.2, 0) is 45.4 Å². The minimum atomic E-state index is -4.30. The number of alkyl halides is 5. The SMILES string of the molecule is CN(C/C=C/c1ccc(Br)cc1)Cc1coc2ccccc12.CN(C/C=C/c1ccc(C(F)(F)F)cc1)Cc1coc2ccccc12.CN(C/C=C/c1ccc(C(F)F)cc1)Cc1coc2ccccc12.CN(C/C=C/c1ccc(Cl)cc1)Cc1coc2ccccc12.CN(C/C=C/c1ccc(F)cc1)Cc1coc2ccccc12.CN(C/C=C/c1ccccc1)Cc1coc2ccccc12. The second-order valence-electron chi connectivity index (χ2n) is 33.3. The fraction of sp³-hybridized carbons (Fsp3) is 0.172. The molecule has 12 nitrogen and oxygen atoms in total. The quantitative estimate of drug-likeness (QED) is 0.0387. The molecular weight excluding hydrogens is 1800 g/mol. The maximum absolute atomic E-state index is 12.8. The van der Waals surface area contributed by atoms with E-state index in [1.807, 2.05) is 203 Å². The second kappa shape index (κ2) is 51.2. The van der Waals surface area contributed by atoms with E-state index in [2.05, 4.69) is 207 Å². The van der Waals surface area contributed by atoms with E-state index in [1.165, 1.54) is 85.9 Å². The summed E-state index contributed by atoms with van der Waals surface area (Å²) < 4.78 is 110. The topological polar surface area (TPSA) is 98.3 Å². The van der Waals surface area contributed by atoms with Gasteiger partial charge in [0.1, 0.15) is 39.3 Å². The van der Waals surface area contributed by atoms with Gasteiger partial charge in [0.25, 0.3) is 6.43 Å². The highest BCUT2D eigenvalue weighted by Gasteiger charge is 2.30. The summed E-state index contributed by atoms with van der Waals surface area (Å²) in [6.07, 6.45) is 29.0. The van der Waals surface area contributed by atoms with Crippen LogP contribution in [0.2, 0.25) is 5.02 Å². The number of likely N-dealkylation sites (N-methyl/N-ethyl adjacent to an activating group) is 6. The van der Waals surface area contributed by atoms with E-state index < -0.39 is 18.2 Å². The summed E-state index contributed by atoms with van der Waals surface area (Å²) in [6.45, 7) is 9.91. The van der Waals surface area contributed by atoms with Crippen molar-refractivity contribution in [3.05, 3.63) is 464 Å². The summed E-state index contributed by atoms with van der Waals surface area (Å²) >= 11 is 9.33. The predicted octanol–water partition coefficient (Wildman–Crippen LogP) is 31.0. The number of furan rings is 6. The molecule has 0 radical (unpaired) electrons. The highest BCUT2D eigenvalue weighted by atomic mass is 79.9. The van der Waals surface area contributed by atoms with Gasteiger partial charge in [-0.25, -0.2) is 13.2 Å². The van der Waals surface area contributed by atoms with Crippen LogP contribution in [0, 0.1) is 5.82 Å². The van der Waals surface area contributed by atoms with Crippen molar-refractivity contribution in [1.29, 1.82) is 0 Å². The number of nitrogens with zero attached hydrogens (tertiary/aromatic N) is 6. The van der Waals surface area contributed by atoms with Gasteiger partial charge in [-0.3, -0.25) is 29.4 Å². The molecule has 12 aromatic carbocycles. The van der Waals surface area contributed by atoms with Gasteiger partial charge >= 0.3 is 6.18 Å². The Bertz CT molecular complexity index is 6550. The molecule has 20 heteroatoms. The van der Waals surface area contributed by atoms with Crippen molar-refractivity contribution in [2.24, 2.45) is 0 Å². The smallest absolute Gasteiger partial charge is 0.416 e. The Balaban J connectivity index is 0.000000138. The molecule has 0 aliphatic rings. The summed E-state index contributed by atoms with van der Waals surface area (Å²) in [6, 6.07) is 92.9. The molecule has 6 heterocycles. The summed E-state index contributed by atoms with van der Waals surface area (Å²) in [5.41, 5.74) is 18.4. The molecule has 0 fully saturated rings. The number of para-hydroxylation sites is 6. The normalized spacial score (nSPS) is 11.9. The van der Waals surface area contributed by atoms with E-state index in [9.17, 15) is 26.3 Å². The fourth-order valence-corrected chi connectivity index (χ4v) is 15.5. The first-order valence-corrected chi connectivity index (χ1v) is 45.9. The Morgan fingerprint density at radius 2 is 0.493 bits per heavy atom. The molecule has 0 atom stereocenters. The lowest BCUT2D eigenvalue weighted by atomic mass is 10.1. The molecule has 18 aromatic rings. The monoisotopic (exact) mass is 1910 g/mol. The maximum Gasteiger partial charge on any atom is 0.416 e. The highest BCUT2D eigenvalue weighted by Crippen LogP contribution is 2.32. The highest BCUT2D eigenvalue weighted by molar-refractivity contribution is 9.10. The Morgan fingerprint density at radius 1 is 0.279 bits per heavy atom. The molecule has 0 N–H and O–H groups in total. The standard InChI is InChI=1S/C20H18F3NO.C20H19F2NO.C19H18BrNO.C19H18ClNO.C19H18FNO.C19H19NO/c1-24(13-16-14-25-19-7-3-2-6-18(16)19)12-4-5-15-8-10-17(11-9-15)20(21,22)23;1-23(13-17-14-24-19-7-3-2-6-18(17)19)12-4-5-15-8-10-16(11-9-15)20(21)22;3*1-21(12-4-5-15-8-10-17(20)11-9-15)13-16-14-22-19-7-3-2-6-18(16)19;1-20(13-7-10-16-8-3-2-4-9-16)14-17-15-21-19-12-6-5-11-18(17)19/h2-11,14H,12-13H2,1H3;2-11,14,20H,12-13H2,1H3;3*2-11,14H,12-13H2,1H3;2-12,15H,13-14H2,1H3/b5*5-4+;10-7+. The van der Waals surface area contributed by atoms with Gasteiger partial charge in [-0.2, -0.15) is 13.2 Å². The Labute approximate surface area is 804 Å². The van der Waals surface area contributed by atoms with E-state index >= 15 is 0 Å². The summed E-state index contributed by atoms with van der Waals surface area (Å²) in [7, 11) is 12.4. The van der Waals surface area contributed by atoms with Gasteiger partial charge in [0, 0.05) is 159 Å². The number of hydrogen-bond acceptors (Lipinski definition) is 12. The van der Waals surface area contributed by atoms with Gasteiger partial charge < -0.3 is 26.5 Å². The number of rotatable bonds is 31. The predicted molar refractivity (Wildman–Crippen MR) is 551 cm³/mol. The van der Waals surface area contributed by atoms with Gasteiger partial charge in [0.15, 0.2) is 0 Å². The lowest BCUT2D eigenvalue weighted by Crippen LogP contribution is -2.17. The van der Waals surface area contributed by atoms with E-state index in [0.29, 0.717) is 6.54 Å². The van der Waals surface area contributed by atoms with Gasteiger partial charge in [-0.15, -0.1) is 0 Å². The fourth-order valence-electron chi connectivity index (χ4n) is 15.1. The molecule has 0 saturated heterocycles. The molecule has 0 aliphatic heterocycles. The summed E-state index contributed by atoms with van der Waals surface area (Å²) in [4.78, 5) is 13.3. The Hall–Kier alpha value is -13.6. The van der Waals surface area contributed by atoms with Crippen molar-refractivity contribution < 1.29 is 52.8 Å². The first kappa shape index (κ1) is 99.9. The third-order valence-electron chi connectivity index (χ3n) is 22.2. The molecule has 0 amide bonds. The third kappa shape index (κ3) is 31.3. The minimum Gasteiger partial charge on any atom is -0.464 e. The molecular formula is C116H110BrClF6N6O6. The molecule has 0 unspecified atom stereocenters. The van der Waals surface area contributed by atoms with Crippen LogP contribution in [0.3, 0.4) is 0 Å². The molecule has 0 bridgehead atoms. The van der Waals surface area contributed by atoms with Crippen LogP contribution in [0.5, 0.6) is 0 Å². The molecule has 696 valence electrons. The van der Waals surface area contributed by atoms with Crippen LogP contribution in [0.25, 0.3) is 102 Å². The van der Waals surface area contributed by atoms with E-state index in [-0.39, 0.29) is 11.4 Å². The molecule has 0 saturated carbocycles. The Kier molecular flexibility index (Phi) is 37.6. The number of benzene rings is 12. The molecule has 0 spiro atoms. The zero-order valence-corrected chi connectivity index (χ0v) is 79.2. The van der Waals surface area contributed by atoms with Crippen molar-refractivity contribution in [3.63, 3.8) is 0 Å². The van der Waals surface area contributed by atoms with Crippen molar-refractivity contribution in [2.45, 2.75) is 51.9 Å². The van der Waals surface area contributed by atoms with Crippen LogP contribution >= 0.6 is 27.5 Å². The first-order valence-electron chi connectivity index (χ1n) is 44.7. The average Bonchev–Trinajstić information content (AvgIpc) is 1.72. The molecule has 18 rings (SSSR count). The van der Waals surface area contributed by atoms with E-state index in [4.69, 9.17) is 38.1 Å². The van der Waals surface area contributed by atoms with Crippen LogP contribution < -0.4 is 0 Å². The zero-order chi connectivity index (χ0) is 95.4. The van der Waals surface area contributed by atoms with Crippen LogP contribution in [0.4, 0.5) is 26.3 Å². The second-order valence-corrected chi connectivity index (χ2v) is 34.6. The van der Waals surface area contributed by atoms with E-state index in [0.717, 1.165) is 177 Å². The Morgan fingerprint density at radius 3 is 0.743 bits per heavy atom. The van der Waals surface area contributed by atoms with Crippen LogP contribution in [-0.4, -0.2) is 111 Å². The number of halogens is 8. The number of fused-ring (bicyclic) bond motifs is 6. The van der Waals surface area contributed by atoms with Crippen LogP contribution in [0.1, 0.15) is 84.3 Å². The minimum absolute atomic E-state index is 0.0519. The maximum atomic E-state index is 12.8. The van der Waals surface area contributed by atoms with Crippen LogP contribution in [0.15, 0.2) is 402 Å². The average molecular weight is 1910 g/mol. The zero-order valence-electron chi connectivity index (χ0n) is 76.9. The molecule has 6 aromatic heterocycles. The third-order valence-corrected chi connectivity index (χ3v) is 23.0. The van der Waals surface area contributed by atoms with Gasteiger partial charge in [-0.1, -0.05) is 313 Å². The lowest BCUT2D eigenvalue weighted by Gasteiger charge is -2.13. The van der Waals surface area contributed by atoms with Crippen molar-refractivity contribution >= 4 is 130 Å². The summed E-state index contributed by atoms with van der Waals surface area (Å²) in [5.74, 6) is -0.207.